The van der Waals surface area contributed by atoms with Crippen molar-refractivity contribution in [3.63, 3.8) is 0 Å². The average molecular weight is 571 g/mol. The second kappa shape index (κ2) is 11.2. The molecule has 3 aliphatic rings. The summed E-state index contributed by atoms with van der Waals surface area (Å²) in [5.41, 5.74) is 9.22. The zero-order valence-corrected chi connectivity index (χ0v) is 24.6. The highest BCUT2D eigenvalue weighted by molar-refractivity contribution is 5.97. The number of nitrogens with two attached hydrogens (primary N) is 1. The van der Waals surface area contributed by atoms with Crippen LogP contribution < -0.4 is 11.1 Å². The summed E-state index contributed by atoms with van der Waals surface area (Å²) in [6.45, 7) is 0.367. The van der Waals surface area contributed by atoms with E-state index in [1.807, 2.05) is 24.3 Å². The standard InChI is InChI=1S/C32H38N6O4/c1-36(2)29(40)21-7-9-25-19(13-21)5-6-20-14-22(30(41)37(3)4)8-10-26(20)32(25,31(34)42)11-12-35-18-28(39)38-24(17-33)15-23-16-27(23)38/h7-10,13-14,23-24,27,35H,5-6,11-12,15-16,18H2,1-4H3,(H2,34,42)/t23-,24?,27+/m1/s1. The van der Waals surface area contributed by atoms with E-state index in [1.165, 1.54) is 9.80 Å². The number of rotatable bonds is 8. The van der Waals surface area contributed by atoms with Crippen molar-refractivity contribution in [1.29, 1.82) is 5.26 Å². The van der Waals surface area contributed by atoms with Crippen molar-refractivity contribution in [3.05, 3.63) is 69.8 Å². The summed E-state index contributed by atoms with van der Waals surface area (Å²) >= 11 is 0. The Kier molecular flexibility index (Phi) is 7.82. The third kappa shape index (κ3) is 5.02. The molecule has 4 amide bonds. The van der Waals surface area contributed by atoms with Gasteiger partial charge in [0.1, 0.15) is 11.5 Å². The number of nitrogens with one attached hydrogen (secondary N) is 1. The lowest BCUT2D eigenvalue weighted by Crippen LogP contribution is -2.47. The van der Waals surface area contributed by atoms with Gasteiger partial charge in [-0.3, -0.25) is 19.2 Å². The van der Waals surface area contributed by atoms with Gasteiger partial charge in [0.15, 0.2) is 0 Å². The van der Waals surface area contributed by atoms with Gasteiger partial charge in [0.05, 0.1) is 12.6 Å². The molecule has 5 rings (SSSR count). The molecule has 0 aromatic heterocycles. The minimum atomic E-state index is -1.25. The average Bonchev–Trinajstić information content (AvgIpc) is 3.66. The Morgan fingerprint density at radius 2 is 1.50 bits per heavy atom. The largest absolute Gasteiger partial charge is 0.369 e. The first-order valence-electron chi connectivity index (χ1n) is 14.4. The van der Waals surface area contributed by atoms with Crippen LogP contribution in [0.15, 0.2) is 36.4 Å². The van der Waals surface area contributed by atoms with Crippen molar-refractivity contribution >= 4 is 23.6 Å². The van der Waals surface area contributed by atoms with Crippen LogP contribution in [-0.2, 0) is 27.8 Å². The normalized spacial score (nSPS) is 21.2. The fourth-order valence-electron chi connectivity index (χ4n) is 6.78. The van der Waals surface area contributed by atoms with Gasteiger partial charge >= 0.3 is 0 Å². The van der Waals surface area contributed by atoms with Crippen LogP contribution in [0.25, 0.3) is 0 Å². The summed E-state index contributed by atoms with van der Waals surface area (Å²) in [6.07, 6.45) is 3.08. The number of fused-ring (bicyclic) bond motifs is 3. The van der Waals surface area contributed by atoms with Gasteiger partial charge in [0.2, 0.25) is 11.8 Å². The van der Waals surface area contributed by atoms with E-state index in [1.54, 1.807) is 45.2 Å². The Labute approximate surface area is 246 Å². The van der Waals surface area contributed by atoms with Crippen LogP contribution in [0.5, 0.6) is 0 Å². The van der Waals surface area contributed by atoms with Crippen LogP contribution in [0.2, 0.25) is 0 Å². The number of piperidine rings is 1. The molecule has 3 atom stereocenters. The minimum Gasteiger partial charge on any atom is -0.369 e. The molecule has 1 heterocycles. The molecule has 1 aliphatic heterocycles. The van der Waals surface area contributed by atoms with E-state index in [2.05, 4.69) is 11.4 Å². The predicted octanol–water partition coefficient (Wildman–Crippen LogP) is 1.45. The number of hydrogen-bond donors (Lipinski definition) is 2. The number of aryl methyl sites for hydroxylation is 2. The van der Waals surface area contributed by atoms with Crippen LogP contribution in [0.3, 0.4) is 0 Å². The Bertz CT molecular complexity index is 1420. The third-order valence-corrected chi connectivity index (χ3v) is 9.01. The molecule has 2 aromatic rings. The van der Waals surface area contributed by atoms with Crippen molar-refractivity contribution in [2.24, 2.45) is 11.7 Å². The molecule has 1 saturated carbocycles. The zero-order valence-electron chi connectivity index (χ0n) is 24.6. The minimum absolute atomic E-state index is 0.0580. The summed E-state index contributed by atoms with van der Waals surface area (Å²) < 4.78 is 0. The van der Waals surface area contributed by atoms with E-state index in [0.717, 1.165) is 35.1 Å². The van der Waals surface area contributed by atoms with Crippen LogP contribution in [-0.4, -0.2) is 91.7 Å². The SMILES string of the molecule is CN(C)C(=O)c1ccc2c(c1)CCc1cc(C(=O)N(C)C)ccc1C2(CCNCC(=O)N1C(C#N)C[C@@H]2C[C@@H]21)C(N)=O. The summed E-state index contributed by atoms with van der Waals surface area (Å²) in [5.74, 6) is -0.495. The van der Waals surface area contributed by atoms with Gasteiger partial charge < -0.3 is 25.8 Å². The highest BCUT2D eigenvalue weighted by Gasteiger charge is 2.54. The Morgan fingerprint density at radius 1 is 0.952 bits per heavy atom. The van der Waals surface area contributed by atoms with Crippen molar-refractivity contribution in [3.8, 4) is 6.07 Å². The van der Waals surface area contributed by atoms with Gasteiger partial charge in [0.25, 0.3) is 11.8 Å². The zero-order chi connectivity index (χ0) is 30.3. The lowest BCUT2D eigenvalue weighted by molar-refractivity contribution is -0.131. The van der Waals surface area contributed by atoms with Crippen molar-refractivity contribution in [2.45, 2.75) is 49.6 Å². The van der Waals surface area contributed by atoms with E-state index in [4.69, 9.17) is 5.73 Å². The number of nitrogens with zero attached hydrogens (tertiary/aromatic N) is 4. The Morgan fingerprint density at radius 3 is 1.98 bits per heavy atom. The monoisotopic (exact) mass is 570 g/mol. The van der Waals surface area contributed by atoms with Crippen molar-refractivity contribution in [1.82, 2.24) is 20.0 Å². The van der Waals surface area contributed by atoms with E-state index in [9.17, 15) is 24.4 Å². The predicted molar refractivity (Wildman–Crippen MR) is 157 cm³/mol. The highest BCUT2D eigenvalue weighted by Crippen LogP contribution is 2.47. The number of hydrogen-bond acceptors (Lipinski definition) is 6. The van der Waals surface area contributed by atoms with Crippen molar-refractivity contribution in [2.75, 3.05) is 41.3 Å². The first-order valence-corrected chi connectivity index (χ1v) is 14.4. The van der Waals surface area contributed by atoms with E-state index < -0.39 is 11.3 Å². The molecular weight excluding hydrogens is 532 g/mol. The second-order valence-corrected chi connectivity index (χ2v) is 12.1. The van der Waals surface area contributed by atoms with E-state index in [0.29, 0.717) is 36.4 Å². The number of likely N-dealkylation sites (tertiary alicyclic amines) is 1. The quantitative estimate of drug-likeness (QED) is 0.461. The summed E-state index contributed by atoms with van der Waals surface area (Å²) in [7, 11) is 6.77. The summed E-state index contributed by atoms with van der Waals surface area (Å²) in [6, 6.07) is 12.8. The van der Waals surface area contributed by atoms with Gasteiger partial charge in [0, 0.05) is 45.4 Å². The highest BCUT2D eigenvalue weighted by atomic mass is 16.2. The van der Waals surface area contributed by atoms with Gasteiger partial charge in [-0.15, -0.1) is 0 Å². The first kappa shape index (κ1) is 29.3. The van der Waals surface area contributed by atoms with Crippen LogP contribution in [0.4, 0.5) is 0 Å². The maximum atomic E-state index is 13.6. The topological polar surface area (TPSA) is 140 Å². The molecular formula is C32H38N6O4. The summed E-state index contributed by atoms with van der Waals surface area (Å²) in [4.78, 5) is 57.0. The fraction of sp³-hybridized carbons (Fsp3) is 0.469. The molecule has 1 saturated heterocycles. The number of nitriles is 1. The third-order valence-electron chi connectivity index (χ3n) is 9.01. The smallest absolute Gasteiger partial charge is 0.253 e. The number of benzene rings is 2. The Balaban J connectivity index is 1.49. The van der Waals surface area contributed by atoms with Gasteiger partial charge in [-0.25, -0.2) is 0 Å². The first-order chi connectivity index (χ1) is 20.0. The maximum Gasteiger partial charge on any atom is 0.253 e. The number of amides is 4. The molecule has 42 heavy (non-hydrogen) atoms. The second-order valence-electron chi connectivity index (χ2n) is 12.1. The van der Waals surface area contributed by atoms with Gasteiger partial charge in [-0.2, -0.15) is 5.26 Å². The molecule has 1 unspecified atom stereocenters. The molecule has 10 nitrogen and oxygen atoms in total. The van der Waals surface area contributed by atoms with Gasteiger partial charge in [-0.1, -0.05) is 12.1 Å². The van der Waals surface area contributed by atoms with E-state index >= 15 is 0 Å². The van der Waals surface area contributed by atoms with Crippen LogP contribution in [0, 0.1) is 17.2 Å². The maximum absolute atomic E-state index is 13.6. The molecule has 10 heteroatoms. The molecule has 2 fully saturated rings. The number of carbonyl (C=O) groups excluding carboxylic acids is 4. The molecule has 0 spiro atoms. The fourth-order valence-corrected chi connectivity index (χ4v) is 6.78. The molecule has 220 valence electrons. The van der Waals surface area contributed by atoms with E-state index in [-0.39, 0.29) is 42.8 Å². The molecule has 3 N–H and O–H groups in total. The molecule has 2 aromatic carbocycles. The Hall–Kier alpha value is -4.23. The number of carbonyl (C=O) groups is 4. The lowest BCUT2D eigenvalue weighted by atomic mass is 9.69. The molecule has 0 radical (unpaired) electrons. The summed E-state index contributed by atoms with van der Waals surface area (Å²) in [5, 5.41) is 12.7. The number of primary amides is 1. The van der Waals surface area contributed by atoms with Crippen molar-refractivity contribution < 1.29 is 19.2 Å². The molecule has 0 bridgehead atoms. The van der Waals surface area contributed by atoms with Crippen LogP contribution in [0.1, 0.15) is 62.2 Å². The lowest BCUT2D eigenvalue weighted by Gasteiger charge is -2.34. The van der Waals surface area contributed by atoms with Crippen LogP contribution >= 0.6 is 0 Å². The molecule has 2 aliphatic carbocycles. The van der Waals surface area contributed by atoms with Gasteiger partial charge in [-0.05, 0) is 91.1 Å².